The molecule has 27 heavy (non-hydrogen) atoms. The third kappa shape index (κ3) is 3.95. The summed E-state index contributed by atoms with van der Waals surface area (Å²) in [6.07, 6.45) is 5.65. The summed E-state index contributed by atoms with van der Waals surface area (Å²) in [6, 6.07) is 27.4. The average Bonchev–Trinajstić information content (AvgIpc) is 2.74. The highest BCUT2D eigenvalue weighted by molar-refractivity contribution is 5.66. The van der Waals surface area contributed by atoms with Crippen LogP contribution in [-0.4, -0.2) is 9.97 Å². The van der Waals surface area contributed by atoms with Crippen molar-refractivity contribution in [1.29, 1.82) is 0 Å². The van der Waals surface area contributed by atoms with E-state index in [9.17, 15) is 0 Å². The summed E-state index contributed by atoms with van der Waals surface area (Å²) in [6.45, 7) is 2.15. The molecule has 0 N–H and O–H groups in total. The van der Waals surface area contributed by atoms with Crippen LogP contribution in [0.25, 0.3) is 22.5 Å². The van der Waals surface area contributed by atoms with Gasteiger partial charge in [-0.2, -0.15) is 0 Å². The largest absolute Gasteiger partial charge is 0.256 e. The van der Waals surface area contributed by atoms with E-state index in [2.05, 4.69) is 71.5 Å². The van der Waals surface area contributed by atoms with Gasteiger partial charge in [0.25, 0.3) is 0 Å². The number of benzene rings is 2. The first-order valence-corrected chi connectivity index (χ1v) is 9.31. The summed E-state index contributed by atoms with van der Waals surface area (Å²) in [5.41, 5.74) is 8.44. The topological polar surface area (TPSA) is 25.8 Å². The van der Waals surface area contributed by atoms with Gasteiger partial charge in [-0.25, -0.2) is 0 Å². The SMILES string of the molecule is Cc1ccc(-c2ccccn2)c(CCc2ccccc2-c2ccccn2)c1. The first kappa shape index (κ1) is 17.2. The summed E-state index contributed by atoms with van der Waals surface area (Å²) in [5, 5.41) is 0. The van der Waals surface area contributed by atoms with E-state index in [0.29, 0.717) is 0 Å². The fourth-order valence-electron chi connectivity index (χ4n) is 3.48. The molecule has 4 rings (SSSR count). The summed E-state index contributed by atoms with van der Waals surface area (Å²) in [7, 11) is 0. The van der Waals surface area contributed by atoms with Crippen molar-refractivity contribution in [2.75, 3.05) is 0 Å². The van der Waals surface area contributed by atoms with Crippen molar-refractivity contribution in [3.8, 4) is 22.5 Å². The molecule has 0 atom stereocenters. The molecule has 0 aliphatic heterocycles. The Morgan fingerprint density at radius 1 is 0.593 bits per heavy atom. The van der Waals surface area contributed by atoms with E-state index in [1.165, 1.54) is 27.8 Å². The van der Waals surface area contributed by atoms with Crippen LogP contribution >= 0.6 is 0 Å². The Bertz CT molecular complexity index is 1020. The van der Waals surface area contributed by atoms with Gasteiger partial charge in [0.1, 0.15) is 0 Å². The van der Waals surface area contributed by atoms with E-state index in [-0.39, 0.29) is 0 Å². The van der Waals surface area contributed by atoms with Gasteiger partial charge in [-0.3, -0.25) is 9.97 Å². The average molecular weight is 350 g/mol. The molecule has 0 saturated carbocycles. The van der Waals surface area contributed by atoms with Gasteiger partial charge in [0.15, 0.2) is 0 Å². The van der Waals surface area contributed by atoms with Gasteiger partial charge < -0.3 is 0 Å². The summed E-state index contributed by atoms with van der Waals surface area (Å²) >= 11 is 0. The number of hydrogen-bond acceptors (Lipinski definition) is 2. The van der Waals surface area contributed by atoms with Crippen LogP contribution in [0.3, 0.4) is 0 Å². The van der Waals surface area contributed by atoms with Crippen LogP contribution in [0.5, 0.6) is 0 Å². The highest BCUT2D eigenvalue weighted by atomic mass is 14.7. The Kier molecular flexibility index (Phi) is 5.06. The van der Waals surface area contributed by atoms with Crippen LogP contribution in [-0.2, 0) is 12.8 Å². The minimum absolute atomic E-state index is 0.968. The summed E-state index contributed by atoms with van der Waals surface area (Å²) < 4.78 is 0. The zero-order valence-corrected chi connectivity index (χ0v) is 15.5. The van der Waals surface area contributed by atoms with Crippen molar-refractivity contribution in [1.82, 2.24) is 9.97 Å². The molecule has 0 aliphatic rings. The Labute approximate surface area is 160 Å². The van der Waals surface area contributed by atoms with Crippen LogP contribution in [0.4, 0.5) is 0 Å². The van der Waals surface area contributed by atoms with Crippen molar-refractivity contribution in [2.45, 2.75) is 19.8 Å². The highest BCUT2D eigenvalue weighted by Crippen LogP contribution is 2.27. The molecule has 0 amide bonds. The molecule has 2 heterocycles. The van der Waals surface area contributed by atoms with E-state index in [1.54, 1.807) is 0 Å². The lowest BCUT2D eigenvalue weighted by Crippen LogP contribution is -1.98. The molecule has 2 nitrogen and oxygen atoms in total. The van der Waals surface area contributed by atoms with E-state index in [0.717, 1.165) is 24.2 Å². The minimum Gasteiger partial charge on any atom is -0.256 e. The van der Waals surface area contributed by atoms with E-state index < -0.39 is 0 Å². The van der Waals surface area contributed by atoms with Gasteiger partial charge in [0.2, 0.25) is 0 Å². The molecule has 0 unspecified atom stereocenters. The Balaban J connectivity index is 1.65. The lowest BCUT2D eigenvalue weighted by atomic mass is 9.93. The molecule has 0 aliphatic carbocycles. The zero-order chi connectivity index (χ0) is 18.5. The van der Waals surface area contributed by atoms with Gasteiger partial charge in [-0.05, 0) is 55.2 Å². The maximum absolute atomic E-state index is 4.55. The van der Waals surface area contributed by atoms with Crippen LogP contribution in [0, 0.1) is 6.92 Å². The predicted molar refractivity (Wildman–Crippen MR) is 111 cm³/mol. The number of aromatic nitrogens is 2. The third-order valence-corrected chi connectivity index (χ3v) is 4.82. The van der Waals surface area contributed by atoms with Crippen LogP contribution < -0.4 is 0 Å². The number of hydrogen-bond donors (Lipinski definition) is 0. The van der Waals surface area contributed by atoms with Gasteiger partial charge in [0, 0.05) is 23.5 Å². The summed E-state index contributed by atoms with van der Waals surface area (Å²) in [4.78, 5) is 9.08. The van der Waals surface area contributed by atoms with Gasteiger partial charge in [-0.1, -0.05) is 60.2 Å². The first-order valence-electron chi connectivity index (χ1n) is 9.31. The number of pyridine rings is 2. The second-order valence-corrected chi connectivity index (χ2v) is 6.75. The van der Waals surface area contributed by atoms with Gasteiger partial charge in [-0.15, -0.1) is 0 Å². The third-order valence-electron chi connectivity index (χ3n) is 4.82. The molecule has 132 valence electrons. The monoisotopic (exact) mass is 350 g/mol. The van der Waals surface area contributed by atoms with Crippen molar-refractivity contribution in [3.63, 3.8) is 0 Å². The molecule has 2 aromatic carbocycles. The lowest BCUT2D eigenvalue weighted by molar-refractivity contribution is 0.959. The van der Waals surface area contributed by atoms with Gasteiger partial charge in [0.05, 0.1) is 11.4 Å². The molecular weight excluding hydrogens is 328 g/mol. The molecule has 0 saturated heterocycles. The van der Waals surface area contributed by atoms with Crippen LogP contribution in [0.15, 0.2) is 91.3 Å². The molecule has 2 aromatic heterocycles. The Hall–Kier alpha value is -3.26. The first-order chi connectivity index (χ1) is 13.3. The molecular formula is C25H22N2. The van der Waals surface area contributed by atoms with Gasteiger partial charge >= 0.3 is 0 Å². The number of aryl methyl sites for hydroxylation is 3. The van der Waals surface area contributed by atoms with Crippen molar-refractivity contribution < 1.29 is 0 Å². The lowest BCUT2D eigenvalue weighted by Gasteiger charge is -2.13. The zero-order valence-electron chi connectivity index (χ0n) is 15.5. The van der Waals surface area contributed by atoms with Crippen molar-refractivity contribution in [2.24, 2.45) is 0 Å². The molecule has 0 spiro atoms. The van der Waals surface area contributed by atoms with E-state index in [1.807, 2.05) is 36.7 Å². The Morgan fingerprint density at radius 2 is 1.19 bits per heavy atom. The van der Waals surface area contributed by atoms with Crippen LogP contribution in [0.1, 0.15) is 16.7 Å². The minimum atomic E-state index is 0.968. The van der Waals surface area contributed by atoms with Crippen molar-refractivity contribution >= 4 is 0 Å². The number of rotatable bonds is 5. The maximum Gasteiger partial charge on any atom is 0.0704 e. The standard InChI is InChI=1S/C25H22N2/c1-19-12-15-23(25-11-5-7-17-27-25)21(18-19)14-13-20-8-2-3-9-22(20)24-10-4-6-16-26-24/h2-12,15-18H,13-14H2,1H3. The fraction of sp³-hybridized carbons (Fsp3) is 0.120. The Morgan fingerprint density at radius 3 is 1.85 bits per heavy atom. The molecule has 4 aromatic rings. The van der Waals surface area contributed by atoms with E-state index in [4.69, 9.17) is 0 Å². The van der Waals surface area contributed by atoms with E-state index >= 15 is 0 Å². The predicted octanol–water partition coefficient (Wildman–Crippen LogP) is 5.90. The molecule has 0 bridgehead atoms. The second-order valence-electron chi connectivity index (χ2n) is 6.75. The summed E-state index contributed by atoms with van der Waals surface area (Å²) in [5.74, 6) is 0. The van der Waals surface area contributed by atoms with Crippen LogP contribution in [0.2, 0.25) is 0 Å². The smallest absolute Gasteiger partial charge is 0.0704 e. The maximum atomic E-state index is 4.55. The molecule has 0 fully saturated rings. The van der Waals surface area contributed by atoms with Crippen molar-refractivity contribution in [3.05, 3.63) is 108 Å². The molecule has 2 heteroatoms. The normalized spacial score (nSPS) is 10.7. The second kappa shape index (κ2) is 7.96. The highest BCUT2D eigenvalue weighted by Gasteiger charge is 2.10. The fourth-order valence-corrected chi connectivity index (χ4v) is 3.48. The molecule has 0 radical (unpaired) electrons. The quantitative estimate of drug-likeness (QED) is 0.447. The number of nitrogens with zero attached hydrogens (tertiary/aromatic N) is 2.